The Balaban J connectivity index is 2.92. The highest BCUT2D eigenvalue weighted by molar-refractivity contribution is 9.10. The van der Waals surface area contributed by atoms with Gasteiger partial charge >= 0.3 is 0 Å². The number of halogens is 1. The molecule has 1 aromatic carbocycles. The van der Waals surface area contributed by atoms with Crippen molar-refractivity contribution in [2.75, 3.05) is 7.11 Å². The molecule has 1 atom stereocenters. The molecule has 0 fully saturated rings. The molecule has 90 valence electrons. The molecule has 17 heavy (non-hydrogen) atoms. The quantitative estimate of drug-likeness (QED) is 0.799. The smallest absolute Gasteiger partial charge is 0.160 e. The van der Waals surface area contributed by atoms with Crippen LogP contribution in [0.5, 0.6) is 5.75 Å². The van der Waals surface area contributed by atoms with Crippen LogP contribution in [0.4, 0.5) is 0 Å². The zero-order valence-corrected chi connectivity index (χ0v) is 11.6. The molecule has 0 N–H and O–H groups in total. The van der Waals surface area contributed by atoms with Crippen molar-refractivity contribution in [3.05, 3.63) is 28.4 Å². The average Bonchev–Trinajstić information content (AvgIpc) is 2.28. The van der Waals surface area contributed by atoms with E-state index in [-0.39, 0.29) is 10.6 Å². The van der Waals surface area contributed by atoms with E-state index >= 15 is 0 Å². The Morgan fingerprint density at radius 3 is 2.76 bits per heavy atom. The van der Waals surface area contributed by atoms with Gasteiger partial charge in [0.1, 0.15) is 5.52 Å². The fraction of sp³-hybridized carbons (Fsp3) is 0.182. The van der Waals surface area contributed by atoms with E-state index in [1.54, 1.807) is 0 Å². The summed E-state index contributed by atoms with van der Waals surface area (Å²) < 4.78 is 28.1. The first-order valence-electron chi connectivity index (χ1n) is 4.77. The molecule has 0 saturated heterocycles. The number of rotatable bonds is 2. The Labute approximate surface area is 109 Å². The number of hydrogen-bond acceptors (Lipinski definition) is 4. The van der Waals surface area contributed by atoms with Crippen molar-refractivity contribution in [3.63, 3.8) is 0 Å². The SMILES string of the molecule is COc1c(S(=O)[O-])cc(Br)c2ccc(C)nc12. The van der Waals surface area contributed by atoms with Crippen LogP contribution in [0.15, 0.2) is 27.6 Å². The molecule has 1 heterocycles. The van der Waals surface area contributed by atoms with Crippen LogP contribution in [0.25, 0.3) is 10.9 Å². The van der Waals surface area contributed by atoms with Crippen molar-refractivity contribution in [1.29, 1.82) is 0 Å². The van der Waals surface area contributed by atoms with Crippen LogP contribution >= 0.6 is 15.9 Å². The number of hydrogen-bond donors (Lipinski definition) is 0. The van der Waals surface area contributed by atoms with Crippen LogP contribution in [-0.4, -0.2) is 20.9 Å². The van der Waals surface area contributed by atoms with E-state index in [4.69, 9.17) is 4.74 Å². The maximum atomic E-state index is 11.1. The number of pyridine rings is 1. The molecule has 0 amide bonds. The summed E-state index contributed by atoms with van der Waals surface area (Å²) in [6.45, 7) is 1.84. The van der Waals surface area contributed by atoms with Crippen molar-refractivity contribution in [2.45, 2.75) is 11.8 Å². The number of benzene rings is 1. The summed E-state index contributed by atoms with van der Waals surface area (Å²) in [7, 11) is 1.43. The molecule has 0 spiro atoms. The zero-order chi connectivity index (χ0) is 12.6. The minimum atomic E-state index is -2.36. The Morgan fingerprint density at radius 2 is 2.18 bits per heavy atom. The van der Waals surface area contributed by atoms with Gasteiger partial charge in [0.05, 0.1) is 12.0 Å². The lowest BCUT2D eigenvalue weighted by atomic mass is 10.2. The van der Waals surface area contributed by atoms with Crippen LogP contribution in [0.1, 0.15) is 5.69 Å². The summed E-state index contributed by atoms with van der Waals surface area (Å²) in [6, 6.07) is 5.25. The molecule has 0 aliphatic heterocycles. The van der Waals surface area contributed by atoms with Crippen LogP contribution in [-0.2, 0) is 11.1 Å². The third-order valence-electron chi connectivity index (χ3n) is 2.37. The van der Waals surface area contributed by atoms with Gasteiger partial charge in [-0.25, -0.2) is 4.98 Å². The van der Waals surface area contributed by atoms with Crippen LogP contribution in [0.3, 0.4) is 0 Å². The van der Waals surface area contributed by atoms with Gasteiger partial charge in [0.25, 0.3) is 0 Å². The van der Waals surface area contributed by atoms with Crippen molar-refractivity contribution < 1.29 is 13.5 Å². The molecule has 0 bridgehead atoms. The van der Waals surface area contributed by atoms with Crippen LogP contribution in [0, 0.1) is 6.92 Å². The average molecular weight is 315 g/mol. The number of nitrogens with zero attached hydrogens (tertiary/aromatic N) is 1. The lowest BCUT2D eigenvalue weighted by molar-refractivity contribution is 0.405. The van der Waals surface area contributed by atoms with Crippen molar-refractivity contribution in [2.24, 2.45) is 0 Å². The first-order chi connectivity index (χ1) is 8.04. The molecule has 6 heteroatoms. The molecule has 1 unspecified atom stereocenters. The molecule has 2 aromatic rings. The van der Waals surface area contributed by atoms with E-state index in [2.05, 4.69) is 20.9 Å². The summed E-state index contributed by atoms with van der Waals surface area (Å²) in [5.41, 5.74) is 1.35. The van der Waals surface area contributed by atoms with Crippen molar-refractivity contribution in [3.8, 4) is 5.75 Å². The molecule has 4 nitrogen and oxygen atoms in total. The first-order valence-corrected chi connectivity index (χ1v) is 6.64. The van der Waals surface area contributed by atoms with Crippen molar-refractivity contribution >= 4 is 37.9 Å². The van der Waals surface area contributed by atoms with Gasteiger partial charge in [0.2, 0.25) is 0 Å². The molecular weight excluding hydrogens is 306 g/mol. The highest BCUT2D eigenvalue weighted by atomic mass is 79.9. The van der Waals surface area contributed by atoms with E-state index in [9.17, 15) is 8.76 Å². The molecule has 2 rings (SSSR count). The fourth-order valence-electron chi connectivity index (χ4n) is 1.62. The Kier molecular flexibility index (Phi) is 3.46. The van der Waals surface area contributed by atoms with Gasteiger partial charge in [-0.15, -0.1) is 0 Å². The van der Waals surface area contributed by atoms with Gasteiger partial charge in [-0.2, -0.15) is 0 Å². The second-order valence-electron chi connectivity index (χ2n) is 3.47. The number of aryl methyl sites for hydroxylation is 1. The maximum Gasteiger partial charge on any atom is 0.160 e. The lowest BCUT2D eigenvalue weighted by Gasteiger charge is -2.14. The maximum absolute atomic E-state index is 11.1. The Morgan fingerprint density at radius 1 is 1.47 bits per heavy atom. The van der Waals surface area contributed by atoms with Gasteiger partial charge < -0.3 is 9.29 Å². The largest absolute Gasteiger partial charge is 0.768 e. The topological polar surface area (TPSA) is 62.2 Å². The van der Waals surface area contributed by atoms with Gasteiger partial charge in [-0.1, -0.05) is 15.9 Å². The van der Waals surface area contributed by atoms with E-state index in [0.717, 1.165) is 11.1 Å². The number of ether oxygens (including phenoxy) is 1. The summed E-state index contributed by atoms with van der Waals surface area (Å²) in [5, 5.41) is 0.821. The second-order valence-corrected chi connectivity index (χ2v) is 5.24. The predicted molar refractivity (Wildman–Crippen MR) is 67.9 cm³/mol. The van der Waals surface area contributed by atoms with Gasteiger partial charge in [0, 0.05) is 15.6 Å². The minimum Gasteiger partial charge on any atom is -0.768 e. The molecule has 0 aliphatic rings. The normalized spacial score (nSPS) is 12.7. The third kappa shape index (κ3) is 2.20. The summed E-state index contributed by atoms with van der Waals surface area (Å²) >= 11 is 0.977. The van der Waals surface area contributed by atoms with E-state index in [1.807, 2.05) is 19.1 Å². The van der Waals surface area contributed by atoms with Gasteiger partial charge in [-0.05, 0) is 36.2 Å². The van der Waals surface area contributed by atoms with E-state index in [1.165, 1.54) is 13.2 Å². The predicted octanol–water partition coefficient (Wildman–Crippen LogP) is 2.55. The molecule has 0 saturated carbocycles. The zero-order valence-electron chi connectivity index (χ0n) is 9.19. The monoisotopic (exact) mass is 314 g/mol. The second kappa shape index (κ2) is 4.72. The van der Waals surface area contributed by atoms with Gasteiger partial charge in [-0.3, -0.25) is 4.21 Å². The highest BCUT2D eigenvalue weighted by Gasteiger charge is 2.13. The lowest BCUT2D eigenvalue weighted by Crippen LogP contribution is -1.98. The Bertz CT molecular complexity index is 615. The first kappa shape index (κ1) is 12.5. The number of fused-ring (bicyclic) bond motifs is 1. The van der Waals surface area contributed by atoms with Crippen LogP contribution in [0.2, 0.25) is 0 Å². The molecule has 1 aromatic heterocycles. The molecule has 0 aliphatic carbocycles. The third-order valence-corrected chi connectivity index (χ3v) is 3.69. The Hall–Kier alpha value is -0.980. The molecule has 0 radical (unpaired) electrons. The fourth-order valence-corrected chi connectivity index (χ4v) is 2.86. The van der Waals surface area contributed by atoms with E-state index < -0.39 is 11.1 Å². The molecular formula is C11H9BrNO3S-. The van der Waals surface area contributed by atoms with Crippen LogP contribution < -0.4 is 4.74 Å². The minimum absolute atomic E-state index is 0.102. The summed E-state index contributed by atoms with van der Waals surface area (Å²) in [6.07, 6.45) is 0. The van der Waals surface area contributed by atoms with E-state index in [0.29, 0.717) is 9.99 Å². The van der Waals surface area contributed by atoms with Crippen molar-refractivity contribution in [1.82, 2.24) is 4.98 Å². The number of methoxy groups -OCH3 is 1. The standard InChI is InChI=1S/C11H10BrNO3S/c1-6-3-4-7-8(12)5-9(17(14)15)11(16-2)10(7)13-6/h3-5H,1-2H3,(H,14,15)/p-1. The highest BCUT2D eigenvalue weighted by Crippen LogP contribution is 2.35. The number of aromatic nitrogens is 1. The van der Waals surface area contributed by atoms with Gasteiger partial charge in [0.15, 0.2) is 5.75 Å². The summed E-state index contributed by atoms with van der Waals surface area (Å²) in [5.74, 6) is 0.278. The summed E-state index contributed by atoms with van der Waals surface area (Å²) in [4.78, 5) is 4.42.